The highest BCUT2D eigenvalue weighted by Crippen LogP contribution is 2.25. The second-order valence-corrected chi connectivity index (χ2v) is 7.86. The fraction of sp³-hybridized carbons (Fsp3) is 0.632. The highest BCUT2D eigenvalue weighted by Gasteiger charge is 2.20. The molecule has 0 saturated carbocycles. The Bertz CT molecular complexity index is 671. The highest BCUT2D eigenvalue weighted by molar-refractivity contribution is 6.32. The highest BCUT2D eigenvalue weighted by atomic mass is 35.5. The zero-order valence-corrected chi connectivity index (χ0v) is 17.8. The van der Waals surface area contributed by atoms with Crippen LogP contribution in [0.1, 0.15) is 38.7 Å². The van der Waals surface area contributed by atoms with E-state index in [0.717, 1.165) is 5.56 Å². The fourth-order valence-corrected chi connectivity index (χ4v) is 2.53. The van der Waals surface area contributed by atoms with Gasteiger partial charge < -0.3 is 25.3 Å². The van der Waals surface area contributed by atoms with E-state index in [1.807, 2.05) is 32.9 Å². The molecular weight excluding hydrogens is 402 g/mol. The molecule has 1 amide bonds. The van der Waals surface area contributed by atoms with Gasteiger partial charge in [0.1, 0.15) is 18.5 Å². The Balaban J connectivity index is 2.23. The summed E-state index contributed by atoms with van der Waals surface area (Å²) in [5.41, 5.74) is 0.575. The minimum absolute atomic E-state index is 0.0128. The Labute approximate surface area is 175 Å². The van der Waals surface area contributed by atoms with Gasteiger partial charge >= 0.3 is 0 Å². The van der Waals surface area contributed by atoms with Crippen LogP contribution in [0.15, 0.2) is 18.2 Å². The predicted molar refractivity (Wildman–Crippen MR) is 110 cm³/mol. The van der Waals surface area contributed by atoms with Gasteiger partial charge in [-0.05, 0) is 51.3 Å². The number of benzene rings is 1. The van der Waals surface area contributed by atoms with Gasteiger partial charge in [0.25, 0.3) is 5.09 Å². The average Bonchev–Trinajstić information content (AvgIpc) is 2.65. The summed E-state index contributed by atoms with van der Waals surface area (Å²) in [5.74, 6) is 0.389. The van der Waals surface area contributed by atoms with E-state index in [-0.39, 0.29) is 32.1 Å². The van der Waals surface area contributed by atoms with Gasteiger partial charge in [0.15, 0.2) is 0 Å². The third kappa shape index (κ3) is 11.5. The number of carbonyl (C=O) groups excluding carboxylic acids is 1. The van der Waals surface area contributed by atoms with Crippen molar-refractivity contribution in [3.05, 3.63) is 38.9 Å². The summed E-state index contributed by atoms with van der Waals surface area (Å²) in [6.45, 7) is 6.47. The van der Waals surface area contributed by atoms with E-state index in [0.29, 0.717) is 30.2 Å². The Kier molecular flexibility index (Phi) is 10.7. The molecule has 0 bridgehead atoms. The van der Waals surface area contributed by atoms with Crippen molar-refractivity contribution in [2.24, 2.45) is 0 Å². The molecule has 0 aliphatic carbocycles. The Morgan fingerprint density at radius 1 is 1.38 bits per heavy atom. The molecule has 0 spiro atoms. The SMILES string of the molecule is Cc1ccc(Cl)c(OCC(O)CNC(C)(C)CNC(=O)CCCCO[N+](=O)[O-])c1. The van der Waals surface area contributed by atoms with E-state index < -0.39 is 16.7 Å². The van der Waals surface area contributed by atoms with Crippen LogP contribution in [0.25, 0.3) is 0 Å². The lowest BCUT2D eigenvalue weighted by Gasteiger charge is -2.28. The maximum absolute atomic E-state index is 11.8. The van der Waals surface area contributed by atoms with Crippen LogP contribution in [0.5, 0.6) is 5.75 Å². The number of hydrogen-bond donors (Lipinski definition) is 3. The molecule has 3 N–H and O–H groups in total. The number of aliphatic hydroxyl groups is 1. The molecule has 10 heteroatoms. The average molecular weight is 432 g/mol. The van der Waals surface area contributed by atoms with E-state index in [2.05, 4.69) is 15.5 Å². The number of unbranched alkanes of at least 4 members (excludes halogenated alkanes) is 1. The van der Waals surface area contributed by atoms with Crippen LogP contribution in [0.4, 0.5) is 0 Å². The van der Waals surface area contributed by atoms with Crippen molar-refractivity contribution in [2.75, 3.05) is 26.3 Å². The van der Waals surface area contributed by atoms with Gasteiger partial charge in [0.05, 0.1) is 11.6 Å². The normalized spacial score (nSPS) is 12.3. The molecule has 0 fully saturated rings. The first-order valence-electron chi connectivity index (χ1n) is 9.45. The van der Waals surface area contributed by atoms with Crippen LogP contribution in [0.2, 0.25) is 5.02 Å². The van der Waals surface area contributed by atoms with E-state index in [4.69, 9.17) is 16.3 Å². The number of hydrogen-bond acceptors (Lipinski definition) is 7. The number of aliphatic hydroxyl groups excluding tert-OH is 1. The van der Waals surface area contributed by atoms with Crippen molar-refractivity contribution in [1.82, 2.24) is 10.6 Å². The lowest BCUT2D eigenvalue weighted by Crippen LogP contribution is -2.51. The molecule has 1 aromatic rings. The zero-order valence-electron chi connectivity index (χ0n) is 17.1. The Morgan fingerprint density at radius 3 is 2.79 bits per heavy atom. The number of nitrogens with one attached hydrogen (secondary N) is 2. The molecule has 0 heterocycles. The molecule has 1 aromatic carbocycles. The molecule has 1 atom stereocenters. The first-order chi connectivity index (χ1) is 13.6. The smallest absolute Gasteiger partial charge is 0.294 e. The van der Waals surface area contributed by atoms with Gasteiger partial charge in [0.2, 0.25) is 5.91 Å². The van der Waals surface area contributed by atoms with E-state index in [1.165, 1.54) is 0 Å². The van der Waals surface area contributed by atoms with Crippen molar-refractivity contribution in [3.63, 3.8) is 0 Å². The molecule has 0 aliphatic heterocycles. The Morgan fingerprint density at radius 2 is 2.10 bits per heavy atom. The van der Waals surface area contributed by atoms with Crippen LogP contribution in [-0.4, -0.2) is 54.0 Å². The van der Waals surface area contributed by atoms with Crippen LogP contribution in [0, 0.1) is 17.0 Å². The summed E-state index contributed by atoms with van der Waals surface area (Å²) in [6.07, 6.45) is 0.464. The second kappa shape index (κ2) is 12.5. The zero-order chi connectivity index (χ0) is 21.9. The molecule has 29 heavy (non-hydrogen) atoms. The molecule has 1 unspecified atom stereocenters. The quantitative estimate of drug-likeness (QED) is 0.234. The number of carbonyl (C=O) groups is 1. The summed E-state index contributed by atoms with van der Waals surface area (Å²) in [6, 6.07) is 5.44. The molecule has 0 aliphatic rings. The topological polar surface area (TPSA) is 123 Å². The molecule has 164 valence electrons. The standard InChI is InChI=1S/C19H30ClN3O6/c1-14-7-8-16(20)17(10-14)28-12-15(24)11-22-19(2,3)13-21-18(25)6-4-5-9-29-23(26)27/h7-8,10,15,22,24H,4-6,9,11-13H2,1-3H3,(H,21,25). The van der Waals surface area contributed by atoms with Crippen molar-refractivity contribution >= 4 is 17.5 Å². The first-order valence-corrected chi connectivity index (χ1v) is 9.83. The lowest BCUT2D eigenvalue weighted by atomic mass is 10.1. The number of rotatable bonds is 14. The molecule has 1 rings (SSSR count). The van der Waals surface area contributed by atoms with Crippen molar-refractivity contribution in [1.29, 1.82) is 0 Å². The van der Waals surface area contributed by atoms with Crippen LogP contribution < -0.4 is 15.4 Å². The second-order valence-electron chi connectivity index (χ2n) is 7.45. The van der Waals surface area contributed by atoms with Crippen LogP contribution in [0.3, 0.4) is 0 Å². The number of β-amino-alcohol motifs (C(OH)–C–C–N with tert-alkyl or cyclic N) is 1. The molecule has 9 nitrogen and oxygen atoms in total. The number of halogens is 1. The summed E-state index contributed by atoms with van der Waals surface area (Å²) < 4.78 is 5.58. The third-order valence-electron chi connectivity index (χ3n) is 4.06. The molecule has 0 saturated heterocycles. The fourth-order valence-electron chi connectivity index (χ4n) is 2.36. The number of nitrogens with zero attached hydrogens (tertiary/aromatic N) is 1. The third-order valence-corrected chi connectivity index (χ3v) is 4.37. The lowest BCUT2D eigenvalue weighted by molar-refractivity contribution is -0.757. The minimum atomic E-state index is -0.844. The van der Waals surface area contributed by atoms with Gasteiger partial charge in [-0.25, -0.2) is 0 Å². The van der Waals surface area contributed by atoms with E-state index >= 15 is 0 Å². The summed E-state index contributed by atoms with van der Waals surface area (Å²) in [7, 11) is 0. The van der Waals surface area contributed by atoms with Gasteiger partial charge in [-0.3, -0.25) is 4.79 Å². The largest absolute Gasteiger partial charge is 0.489 e. The van der Waals surface area contributed by atoms with Gasteiger partial charge in [-0.1, -0.05) is 17.7 Å². The van der Waals surface area contributed by atoms with Gasteiger partial charge in [-0.2, -0.15) is 0 Å². The first kappa shape index (κ1) is 24.9. The maximum atomic E-state index is 11.8. The van der Waals surface area contributed by atoms with Crippen molar-refractivity contribution < 1.29 is 24.6 Å². The summed E-state index contributed by atoms with van der Waals surface area (Å²) in [4.78, 5) is 26.1. The summed E-state index contributed by atoms with van der Waals surface area (Å²) in [5, 5.41) is 25.8. The number of amides is 1. The van der Waals surface area contributed by atoms with Crippen molar-refractivity contribution in [3.8, 4) is 5.75 Å². The van der Waals surface area contributed by atoms with Gasteiger partial charge in [-0.15, -0.1) is 10.1 Å². The number of ether oxygens (including phenoxy) is 1. The Hall–Kier alpha value is -2.10. The minimum Gasteiger partial charge on any atom is -0.489 e. The predicted octanol–water partition coefficient (Wildman–Crippen LogP) is 2.25. The monoisotopic (exact) mass is 431 g/mol. The van der Waals surface area contributed by atoms with E-state index in [1.54, 1.807) is 6.07 Å². The molecular formula is C19H30ClN3O6. The van der Waals surface area contributed by atoms with Crippen molar-refractivity contribution in [2.45, 2.75) is 51.7 Å². The number of aryl methyl sites for hydroxylation is 1. The van der Waals surface area contributed by atoms with Crippen LogP contribution in [-0.2, 0) is 9.63 Å². The van der Waals surface area contributed by atoms with E-state index in [9.17, 15) is 20.0 Å². The summed E-state index contributed by atoms with van der Waals surface area (Å²) >= 11 is 6.07. The molecule has 0 aromatic heterocycles. The van der Waals surface area contributed by atoms with Crippen LogP contribution >= 0.6 is 11.6 Å². The van der Waals surface area contributed by atoms with Gasteiger partial charge in [0, 0.05) is 25.0 Å². The maximum Gasteiger partial charge on any atom is 0.294 e. The molecule has 0 radical (unpaired) electrons.